The van der Waals surface area contributed by atoms with Gasteiger partial charge in [-0.25, -0.2) is 0 Å². The van der Waals surface area contributed by atoms with Gasteiger partial charge in [0.15, 0.2) is 0 Å². The topological polar surface area (TPSA) is 50.4 Å². The number of carbonyl (C=O) groups is 1. The fraction of sp³-hybridized carbons (Fsp3) is 0.417. The molecule has 94 valence electrons. The zero-order valence-corrected chi connectivity index (χ0v) is 11.8. The summed E-state index contributed by atoms with van der Waals surface area (Å²) in [5.74, 6) is -0.142. The first-order chi connectivity index (χ1) is 7.87. The minimum absolute atomic E-state index is 0.118. The number of hydroxylamine groups is 1. The Morgan fingerprint density at radius 2 is 1.88 bits per heavy atom. The maximum absolute atomic E-state index is 11.5. The predicted molar refractivity (Wildman–Crippen MR) is 71.6 cm³/mol. The van der Waals surface area contributed by atoms with Crippen LogP contribution in [0.25, 0.3) is 0 Å². The van der Waals surface area contributed by atoms with Crippen LogP contribution in [0.1, 0.15) is 20.8 Å². The molecule has 2 N–H and O–H groups in total. The van der Waals surface area contributed by atoms with Crippen LogP contribution in [0.5, 0.6) is 0 Å². The monoisotopic (exact) mass is 300 g/mol. The van der Waals surface area contributed by atoms with Crippen LogP contribution in [0, 0.1) is 0 Å². The number of benzene rings is 1. The van der Waals surface area contributed by atoms with E-state index in [-0.39, 0.29) is 18.1 Å². The average Bonchev–Trinajstić information content (AvgIpc) is 2.19. The second kappa shape index (κ2) is 6.14. The number of amides is 1. The summed E-state index contributed by atoms with van der Waals surface area (Å²) in [5.41, 5.74) is 3.09. The normalized spacial score (nSPS) is 11.3. The third-order valence-corrected chi connectivity index (χ3v) is 2.27. The number of anilines is 1. The molecule has 0 unspecified atom stereocenters. The van der Waals surface area contributed by atoms with Gasteiger partial charge in [-0.15, -0.1) is 0 Å². The Morgan fingerprint density at radius 3 is 2.41 bits per heavy atom. The van der Waals surface area contributed by atoms with Crippen LogP contribution >= 0.6 is 15.9 Å². The summed E-state index contributed by atoms with van der Waals surface area (Å²) in [7, 11) is 0. The zero-order chi connectivity index (χ0) is 12.9. The van der Waals surface area contributed by atoms with E-state index in [9.17, 15) is 4.79 Å². The van der Waals surface area contributed by atoms with E-state index in [0.29, 0.717) is 0 Å². The molecular weight excluding hydrogens is 284 g/mol. The lowest BCUT2D eigenvalue weighted by Gasteiger charge is -2.19. The summed E-state index contributed by atoms with van der Waals surface area (Å²) in [5, 5.41) is 2.75. The molecule has 0 aromatic heterocycles. The highest BCUT2D eigenvalue weighted by Crippen LogP contribution is 2.13. The highest BCUT2D eigenvalue weighted by molar-refractivity contribution is 9.10. The molecule has 0 heterocycles. The molecule has 0 radical (unpaired) electrons. The molecule has 0 aliphatic heterocycles. The van der Waals surface area contributed by atoms with Gasteiger partial charge in [-0.3, -0.25) is 9.63 Å². The molecule has 0 atom stereocenters. The fourth-order valence-electron chi connectivity index (χ4n) is 1.06. The Morgan fingerprint density at radius 1 is 1.29 bits per heavy atom. The van der Waals surface area contributed by atoms with Gasteiger partial charge in [-0.2, -0.15) is 5.48 Å². The van der Waals surface area contributed by atoms with Crippen LogP contribution in [-0.2, 0) is 9.63 Å². The van der Waals surface area contributed by atoms with E-state index in [1.165, 1.54) is 0 Å². The molecule has 0 bridgehead atoms. The van der Waals surface area contributed by atoms with Crippen molar-refractivity contribution in [2.75, 3.05) is 11.9 Å². The Hall–Kier alpha value is -0.910. The molecule has 0 saturated heterocycles. The molecule has 4 nitrogen and oxygen atoms in total. The van der Waals surface area contributed by atoms with Gasteiger partial charge >= 0.3 is 0 Å². The molecule has 0 aliphatic carbocycles. The van der Waals surface area contributed by atoms with E-state index in [1.54, 1.807) is 0 Å². The van der Waals surface area contributed by atoms with E-state index >= 15 is 0 Å². The number of hydrogen-bond donors (Lipinski definition) is 2. The minimum atomic E-state index is -0.308. The number of carbonyl (C=O) groups excluding carboxylic acids is 1. The van der Waals surface area contributed by atoms with Gasteiger partial charge in [0.1, 0.15) is 6.54 Å². The number of nitrogens with one attached hydrogen (secondary N) is 2. The molecule has 5 heteroatoms. The first-order valence-corrected chi connectivity index (χ1v) is 6.12. The molecule has 0 spiro atoms. The van der Waals surface area contributed by atoms with E-state index in [1.807, 2.05) is 45.0 Å². The van der Waals surface area contributed by atoms with Crippen LogP contribution in [-0.4, -0.2) is 18.1 Å². The number of rotatable bonds is 4. The van der Waals surface area contributed by atoms with Crippen molar-refractivity contribution in [3.05, 3.63) is 28.7 Å². The van der Waals surface area contributed by atoms with E-state index < -0.39 is 0 Å². The van der Waals surface area contributed by atoms with Gasteiger partial charge in [-0.05, 0) is 45.0 Å². The van der Waals surface area contributed by atoms with Crippen LogP contribution in [0.2, 0.25) is 0 Å². The van der Waals surface area contributed by atoms with Gasteiger partial charge < -0.3 is 5.32 Å². The third kappa shape index (κ3) is 6.41. The molecule has 17 heavy (non-hydrogen) atoms. The van der Waals surface area contributed by atoms with E-state index in [4.69, 9.17) is 4.84 Å². The van der Waals surface area contributed by atoms with Crippen molar-refractivity contribution in [3.8, 4) is 0 Å². The highest BCUT2D eigenvalue weighted by Gasteiger charge is 2.11. The van der Waals surface area contributed by atoms with Gasteiger partial charge in [-0.1, -0.05) is 15.9 Å². The van der Waals surface area contributed by atoms with Gasteiger partial charge in [0.2, 0.25) is 5.91 Å². The first-order valence-electron chi connectivity index (χ1n) is 5.33. The van der Waals surface area contributed by atoms with Crippen molar-refractivity contribution in [2.45, 2.75) is 26.4 Å². The quantitative estimate of drug-likeness (QED) is 0.841. The summed E-state index contributed by atoms with van der Waals surface area (Å²) < 4.78 is 0.977. The number of halogens is 1. The molecule has 0 saturated carbocycles. The molecule has 1 aromatic carbocycles. The third-order valence-electron chi connectivity index (χ3n) is 1.74. The minimum Gasteiger partial charge on any atom is -0.325 e. The van der Waals surface area contributed by atoms with Crippen molar-refractivity contribution >= 4 is 27.5 Å². The summed E-state index contributed by atoms with van der Waals surface area (Å²) in [6, 6.07) is 7.39. The lowest BCUT2D eigenvalue weighted by molar-refractivity contribution is -0.122. The van der Waals surface area contributed by atoms with Gasteiger partial charge in [0.05, 0.1) is 5.60 Å². The maximum atomic E-state index is 11.5. The number of hydrogen-bond acceptors (Lipinski definition) is 3. The average molecular weight is 301 g/mol. The second-order valence-corrected chi connectivity index (χ2v) is 5.51. The highest BCUT2D eigenvalue weighted by atomic mass is 79.9. The summed E-state index contributed by atoms with van der Waals surface area (Å²) >= 11 is 3.33. The molecule has 0 aliphatic rings. The smallest absolute Gasteiger partial charge is 0.240 e. The van der Waals surface area contributed by atoms with Crippen molar-refractivity contribution in [2.24, 2.45) is 0 Å². The molecule has 1 amide bonds. The summed E-state index contributed by atoms with van der Waals surface area (Å²) in [6.45, 7) is 5.85. The Balaban J connectivity index is 2.32. The van der Waals surface area contributed by atoms with Crippen LogP contribution < -0.4 is 10.8 Å². The van der Waals surface area contributed by atoms with E-state index in [0.717, 1.165) is 10.2 Å². The second-order valence-electron chi connectivity index (χ2n) is 4.59. The van der Waals surface area contributed by atoms with E-state index in [2.05, 4.69) is 26.7 Å². The van der Waals surface area contributed by atoms with Crippen molar-refractivity contribution in [3.63, 3.8) is 0 Å². The largest absolute Gasteiger partial charge is 0.325 e. The zero-order valence-electron chi connectivity index (χ0n) is 10.2. The van der Waals surface area contributed by atoms with Crippen LogP contribution in [0.4, 0.5) is 5.69 Å². The Bertz CT molecular complexity index is 371. The Kier molecular flexibility index (Phi) is 5.11. The molecule has 0 fully saturated rings. The molecule has 1 aromatic rings. The lowest BCUT2D eigenvalue weighted by Crippen LogP contribution is -2.34. The van der Waals surface area contributed by atoms with Crippen LogP contribution in [0.15, 0.2) is 28.7 Å². The van der Waals surface area contributed by atoms with Gasteiger partial charge in [0.25, 0.3) is 0 Å². The lowest BCUT2D eigenvalue weighted by atomic mass is 10.2. The standard InChI is InChI=1S/C12H17BrN2O2/c1-12(2,3)17-14-8-11(16)15-10-6-4-9(13)5-7-10/h4-7,14H,8H2,1-3H3,(H,15,16). The summed E-state index contributed by atoms with van der Waals surface area (Å²) in [6.07, 6.45) is 0. The van der Waals surface area contributed by atoms with Crippen LogP contribution in [0.3, 0.4) is 0 Å². The predicted octanol–water partition coefficient (Wildman–Crippen LogP) is 2.71. The fourth-order valence-corrected chi connectivity index (χ4v) is 1.32. The first kappa shape index (κ1) is 14.2. The van der Waals surface area contributed by atoms with Crippen molar-refractivity contribution in [1.82, 2.24) is 5.48 Å². The van der Waals surface area contributed by atoms with Gasteiger partial charge in [0, 0.05) is 10.2 Å². The maximum Gasteiger partial charge on any atom is 0.240 e. The molecular formula is C12H17BrN2O2. The molecule has 1 rings (SSSR count). The summed E-state index contributed by atoms with van der Waals surface area (Å²) in [4.78, 5) is 16.8. The Labute approximate surface area is 110 Å². The SMILES string of the molecule is CC(C)(C)ONCC(=O)Nc1ccc(Br)cc1. The van der Waals surface area contributed by atoms with Crippen molar-refractivity contribution in [1.29, 1.82) is 0 Å². The van der Waals surface area contributed by atoms with Crippen molar-refractivity contribution < 1.29 is 9.63 Å².